The summed E-state index contributed by atoms with van der Waals surface area (Å²) in [4.78, 5) is 14.4. The summed E-state index contributed by atoms with van der Waals surface area (Å²) in [6.45, 7) is 7.14. The van der Waals surface area contributed by atoms with Crippen LogP contribution in [0.5, 0.6) is 0 Å². The Morgan fingerprint density at radius 3 is 2.44 bits per heavy atom. The molecule has 5 nitrogen and oxygen atoms in total. The lowest BCUT2D eigenvalue weighted by Gasteiger charge is -2.20. The van der Waals surface area contributed by atoms with Gasteiger partial charge in [0.15, 0.2) is 0 Å². The van der Waals surface area contributed by atoms with E-state index in [4.69, 9.17) is 0 Å². The van der Waals surface area contributed by atoms with Crippen molar-refractivity contribution in [3.05, 3.63) is 52.8 Å². The first-order chi connectivity index (χ1) is 12.1. The van der Waals surface area contributed by atoms with Gasteiger partial charge in [-0.15, -0.1) is 0 Å². The van der Waals surface area contributed by atoms with Crippen LogP contribution in [0, 0.1) is 13.8 Å². The van der Waals surface area contributed by atoms with Gasteiger partial charge in [0.05, 0.1) is 12.2 Å². The molecule has 25 heavy (non-hydrogen) atoms. The number of aryl methyl sites for hydroxylation is 1. The van der Waals surface area contributed by atoms with E-state index in [1.807, 2.05) is 34.7 Å². The number of carbonyl (C=O) groups excluding carboxylic acids is 1. The SMILES string of the molecule is Cc1nn(Cc2ccccc2)c(C)c1CNC(=O)N1CCCCCC1. The number of hydrogen-bond donors (Lipinski definition) is 1. The second-order valence-corrected chi connectivity index (χ2v) is 6.85. The van der Waals surface area contributed by atoms with Crippen LogP contribution < -0.4 is 5.32 Å². The van der Waals surface area contributed by atoms with E-state index >= 15 is 0 Å². The summed E-state index contributed by atoms with van der Waals surface area (Å²) in [5.74, 6) is 0. The molecule has 0 aliphatic carbocycles. The molecule has 3 rings (SSSR count). The van der Waals surface area contributed by atoms with Gasteiger partial charge in [0, 0.05) is 30.9 Å². The van der Waals surface area contributed by atoms with Crippen molar-refractivity contribution in [1.29, 1.82) is 0 Å². The van der Waals surface area contributed by atoms with Gasteiger partial charge in [-0.3, -0.25) is 4.68 Å². The van der Waals surface area contributed by atoms with Crippen LogP contribution >= 0.6 is 0 Å². The highest BCUT2D eigenvalue weighted by Crippen LogP contribution is 2.15. The molecular formula is C20H28N4O. The molecule has 0 bridgehead atoms. The molecule has 2 amide bonds. The number of amides is 2. The van der Waals surface area contributed by atoms with Gasteiger partial charge in [-0.2, -0.15) is 5.10 Å². The summed E-state index contributed by atoms with van der Waals surface area (Å²) >= 11 is 0. The van der Waals surface area contributed by atoms with E-state index in [1.165, 1.54) is 18.4 Å². The molecule has 5 heteroatoms. The van der Waals surface area contributed by atoms with Crippen LogP contribution in [0.15, 0.2) is 30.3 Å². The zero-order valence-corrected chi connectivity index (χ0v) is 15.3. The van der Waals surface area contributed by atoms with Gasteiger partial charge < -0.3 is 10.2 Å². The molecule has 1 aromatic heterocycles. The van der Waals surface area contributed by atoms with Gasteiger partial charge in [0.2, 0.25) is 0 Å². The smallest absolute Gasteiger partial charge is 0.317 e. The van der Waals surface area contributed by atoms with Gasteiger partial charge in [-0.05, 0) is 32.3 Å². The Bertz CT molecular complexity index is 700. The van der Waals surface area contributed by atoms with E-state index in [0.717, 1.165) is 49.4 Å². The fourth-order valence-electron chi connectivity index (χ4n) is 3.45. The van der Waals surface area contributed by atoms with Crippen LogP contribution in [-0.2, 0) is 13.1 Å². The highest BCUT2D eigenvalue weighted by atomic mass is 16.2. The Morgan fingerprint density at radius 2 is 1.76 bits per heavy atom. The van der Waals surface area contributed by atoms with Crippen LogP contribution in [0.25, 0.3) is 0 Å². The summed E-state index contributed by atoms with van der Waals surface area (Å²) < 4.78 is 2.03. The fraction of sp³-hybridized carbons (Fsp3) is 0.500. The van der Waals surface area contributed by atoms with Crippen LogP contribution in [-0.4, -0.2) is 33.8 Å². The van der Waals surface area contributed by atoms with Gasteiger partial charge >= 0.3 is 6.03 Å². The molecule has 1 aliphatic heterocycles. The standard InChI is InChI=1S/C20H28N4O/c1-16-19(14-21-20(25)23-12-8-3-4-9-13-23)17(2)24(22-16)15-18-10-6-5-7-11-18/h5-7,10-11H,3-4,8-9,12-15H2,1-2H3,(H,21,25). The molecule has 1 N–H and O–H groups in total. The molecule has 1 saturated heterocycles. The predicted molar refractivity (Wildman–Crippen MR) is 99.5 cm³/mol. The molecule has 2 heterocycles. The van der Waals surface area contributed by atoms with Crippen LogP contribution in [0.3, 0.4) is 0 Å². The molecule has 0 unspecified atom stereocenters. The number of carbonyl (C=O) groups is 1. The zero-order chi connectivity index (χ0) is 17.6. The summed E-state index contributed by atoms with van der Waals surface area (Å²) in [5.41, 5.74) is 4.47. The normalized spacial score (nSPS) is 15.0. The lowest BCUT2D eigenvalue weighted by molar-refractivity contribution is 0.199. The number of urea groups is 1. The van der Waals surface area contributed by atoms with E-state index in [1.54, 1.807) is 0 Å². The van der Waals surface area contributed by atoms with Gasteiger partial charge in [0.1, 0.15) is 0 Å². The van der Waals surface area contributed by atoms with Crippen molar-refractivity contribution in [1.82, 2.24) is 20.0 Å². The largest absolute Gasteiger partial charge is 0.334 e. The summed E-state index contributed by atoms with van der Waals surface area (Å²) in [6, 6.07) is 10.4. The van der Waals surface area contributed by atoms with Crippen LogP contribution in [0.4, 0.5) is 4.79 Å². The van der Waals surface area contributed by atoms with E-state index < -0.39 is 0 Å². The highest BCUT2D eigenvalue weighted by Gasteiger charge is 2.17. The lowest BCUT2D eigenvalue weighted by atomic mass is 10.2. The van der Waals surface area contributed by atoms with Crippen molar-refractivity contribution in [2.24, 2.45) is 0 Å². The fourth-order valence-corrected chi connectivity index (χ4v) is 3.45. The third-order valence-corrected chi connectivity index (χ3v) is 5.02. The third kappa shape index (κ3) is 4.41. The number of rotatable bonds is 4. The monoisotopic (exact) mass is 340 g/mol. The number of aromatic nitrogens is 2. The van der Waals surface area contributed by atoms with Crippen molar-refractivity contribution in [3.63, 3.8) is 0 Å². The lowest BCUT2D eigenvalue weighted by Crippen LogP contribution is -2.40. The molecule has 134 valence electrons. The highest BCUT2D eigenvalue weighted by molar-refractivity contribution is 5.74. The summed E-state index contributed by atoms with van der Waals surface area (Å²) in [7, 11) is 0. The van der Waals surface area contributed by atoms with Crippen molar-refractivity contribution in [3.8, 4) is 0 Å². The second kappa shape index (κ2) is 8.19. The maximum Gasteiger partial charge on any atom is 0.317 e. The van der Waals surface area contributed by atoms with Gasteiger partial charge in [0.25, 0.3) is 0 Å². The molecule has 0 atom stereocenters. The summed E-state index contributed by atoms with van der Waals surface area (Å²) in [5, 5.41) is 7.75. The minimum atomic E-state index is 0.0523. The summed E-state index contributed by atoms with van der Waals surface area (Å²) in [6.07, 6.45) is 4.68. The Morgan fingerprint density at radius 1 is 1.08 bits per heavy atom. The number of nitrogens with one attached hydrogen (secondary N) is 1. The average molecular weight is 340 g/mol. The maximum atomic E-state index is 12.4. The minimum Gasteiger partial charge on any atom is -0.334 e. The quantitative estimate of drug-likeness (QED) is 0.924. The molecule has 2 aromatic rings. The third-order valence-electron chi connectivity index (χ3n) is 5.02. The second-order valence-electron chi connectivity index (χ2n) is 6.85. The van der Waals surface area contributed by atoms with E-state index in [2.05, 4.69) is 29.5 Å². The number of hydrogen-bond acceptors (Lipinski definition) is 2. The number of nitrogens with zero attached hydrogens (tertiary/aromatic N) is 3. The Labute approximate surface area is 150 Å². The van der Waals surface area contributed by atoms with Gasteiger partial charge in [-0.25, -0.2) is 4.79 Å². The Balaban J connectivity index is 1.63. The first kappa shape index (κ1) is 17.5. The molecule has 0 radical (unpaired) electrons. The van der Waals surface area contributed by atoms with Crippen molar-refractivity contribution >= 4 is 6.03 Å². The van der Waals surface area contributed by atoms with Crippen molar-refractivity contribution in [2.75, 3.05) is 13.1 Å². The van der Waals surface area contributed by atoms with E-state index in [9.17, 15) is 4.79 Å². The first-order valence-corrected chi connectivity index (χ1v) is 9.24. The Kier molecular flexibility index (Phi) is 5.74. The molecule has 0 saturated carbocycles. The van der Waals surface area contributed by atoms with Crippen molar-refractivity contribution < 1.29 is 4.79 Å². The topological polar surface area (TPSA) is 50.2 Å². The van der Waals surface area contributed by atoms with Crippen LogP contribution in [0.1, 0.15) is 48.2 Å². The molecule has 1 fully saturated rings. The first-order valence-electron chi connectivity index (χ1n) is 9.24. The molecular weight excluding hydrogens is 312 g/mol. The molecule has 1 aliphatic rings. The van der Waals surface area contributed by atoms with E-state index in [0.29, 0.717) is 6.54 Å². The van der Waals surface area contributed by atoms with E-state index in [-0.39, 0.29) is 6.03 Å². The maximum absolute atomic E-state index is 12.4. The predicted octanol–water partition coefficient (Wildman–Crippen LogP) is 3.63. The average Bonchev–Trinajstić information content (AvgIpc) is 2.82. The minimum absolute atomic E-state index is 0.0523. The van der Waals surface area contributed by atoms with Crippen molar-refractivity contribution in [2.45, 2.75) is 52.6 Å². The van der Waals surface area contributed by atoms with Crippen LogP contribution in [0.2, 0.25) is 0 Å². The molecule has 0 spiro atoms. The number of likely N-dealkylation sites (tertiary alicyclic amines) is 1. The zero-order valence-electron chi connectivity index (χ0n) is 15.3. The number of benzene rings is 1. The van der Waals surface area contributed by atoms with Gasteiger partial charge in [-0.1, -0.05) is 43.2 Å². The molecule has 1 aromatic carbocycles. The Hall–Kier alpha value is -2.30.